The largest absolute Gasteiger partial charge is 0.344 e. The summed E-state index contributed by atoms with van der Waals surface area (Å²) in [6.45, 7) is 0. The molecular weight excluding hydrogens is 148 g/mol. The zero-order valence-electron chi connectivity index (χ0n) is 8.01. The summed E-state index contributed by atoms with van der Waals surface area (Å²) in [5.41, 5.74) is 0. The molecule has 0 aliphatic carbocycles. The van der Waals surface area contributed by atoms with Crippen molar-refractivity contribution in [2.45, 2.75) is 0 Å². The number of rotatable bonds is 1. The van der Waals surface area contributed by atoms with Crippen molar-refractivity contribution in [3.8, 4) is 0 Å². The van der Waals surface area contributed by atoms with Crippen LogP contribution in [0.1, 0.15) is 0 Å². The lowest BCUT2D eigenvalue weighted by atomic mass is 11.1. The van der Waals surface area contributed by atoms with Gasteiger partial charge in [0, 0.05) is 21.1 Å². The minimum Gasteiger partial charge on any atom is -0.344 e. The molecule has 78 valence electrons. The highest BCUT2D eigenvalue weighted by Gasteiger charge is 1.85. The zero-order valence-corrected chi connectivity index (χ0v) is 8.01. The molecule has 0 aromatic rings. The molecule has 0 fully saturated rings. The quantitative estimate of drug-likeness (QED) is 0.236. The molecule has 8 heteroatoms. The van der Waals surface area contributed by atoms with Crippen LogP contribution >= 0.6 is 0 Å². The maximum atomic E-state index is 5.19. The summed E-state index contributed by atoms with van der Waals surface area (Å²) < 4.78 is 0. The van der Waals surface area contributed by atoms with Gasteiger partial charge in [0.25, 0.3) is 0 Å². The fourth-order valence-electron chi connectivity index (χ4n) is 0. The van der Waals surface area contributed by atoms with Crippen molar-refractivity contribution >= 4 is 0 Å². The summed E-state index contributed by atoms with van der Waals surface area (Å²) in [4.78, 5) is 0. The zero-order chi connectivity index (χ0) is 5.15. The molecule has 0 unspecified atom stereocenters. The Labute approximate surface area is 68.9 Å². The topological polar surface area (TPSA) is 208 Å². The first-order chi connectivity index (χ1) is 2.64. The van der Waals surface area contributed by atoms with Crippen LogP contribution in [0, 0.1) is 0 Å². The average Bonchev–Trinajstić information content (AvgIpc) is 1.36. The number of hydrogen-bond donors (Lipinski definition) is 6. The van der Waals surface area contributed by atoms with Gasteiger partial charge in [-0.15, -0.1) is 0 Å². The molecular formula is C3H26N8. The van der Waals surface area contributed by atoms with Gasteiger partial charge in [-0.3, -0.25) is 5.84 Å². The van der Waals surface area contributed by atoms with Crippen LogP contribution in [0.3, 0.4) is 0 Å². The van der Waals surface area contributed by atoms with Gasteiger partial charge < -0.3 is 30.8 Å². The minimum atomic E-state index is 0. The third-order valence-corrected chi connectivity index (χ3v) is 0.631. The van der Waals surface area contributed by atoms with E-state index >= 15 is 0 Å². The Morgan fingerprint density at radius 3 is 0.818 bits per heavy atom. The van der Waals surface area contributed by atoms with E-state index < -0.39 is 0 Å². The lowest BCUT2D eigenvalue weighted by molar-refractivity contribution is 0.0564. The second-order valence-corrected chi connectivity index (χ2v) is 1.42. The molecule has 8 nitrogen and oxygen atoms in total. The number of hydrazine groups is 2. The number of nitrogens with zero attached hydrogens (tertiary/aromatic N) is 2. The van der Waals surface area contributed by atoms with E-state index in [1.807, 2.05) is 14.1 Å². The van der Waals surface area contributed by atoms with Gasteiger partial charge in [-0.1, -0.05) is 0 Å². The van der Waals surface area contributed by atoms with Gasteiger partial charge in [0.1, 0.15) is 0 Å². The molecule has 0 heterocycles. The molecule has 0 saturated carbocycles. The Balaban J connectivity index is -0.0000000125. The minimum absolute atomic E-state index is 0. The standard InChI is InChI=1S/C3H11N3.5H3N/c1-5(2)6(3)4;;;;;/h4H2,1-3H3;5*1H3. The molecule has 0 aliphatic heterocycles. The van der Waals surface area contributed by atoms with E-state index in [9.17, 15) is 0 Å². The fourth-order valence-corrected chi connectivity index (χ4v) is 0. The van der Waals surface area contributed by atoms with Crippen molar-refractivity contribution in [3.05, 3.63) is 0 Å². The summed E-state index contributed by atoms with van der Waals surface area (Å²) >= 11 is 0. The Morgan fingerprint density at radius 2 is 0.818 bits per heavy atom. The molecule has 0 spiro atoms. The Bertz CT molecular complexity index is 30.3. The first-order valence-electron chi connectivity index (χ1n) is 1.80. The Kier molecular flexibility index (Phi) is 93.9. The molecule has 0 aromatic heterocycles. The van der Waals surface area contributed by atoms with Gasteiger partial charge in [-0.25, -0.2) is 5.01 Å². The van der Waals surface area contributed by atoms with Crippen molar-refractivity contribution in [2.75, 3.05) is 21.1 Å². The molecule has 0 atom stereocenters. The summed E-state index contributed by atoms with van der Waals surface area (Å²) in [6, 6.07) is 0. The van der Waals surface area contributed by atoms with Gasteiger partial charge in [0.15, 0.2) is 0 Å². The number of hydrogen-bond acceptors (Lipinski definition) is 8. The highest BCUT2D eigenvalue weighted by atomic mass is 15.7. The van der Waals surface area contributed by atoms with E-state index in [4.69, 9.17) is 5.84 Å². The fraction of sp³-hybridized carbons (Fsp3) is 1.00. The normalized spacial score (nSPS) is 6.00. The van der Waals surface area contributed by atoms with Crippen LogP contribution < -0.4 is 36.6 Å². The molecule has 11 heavy (non-hydrogen) atoms. The van der Waals surface area contributed by atoms with Gasteiger partial charge in [0.05, 0.1) is 0 Å². The molecule has 0 bridgehead atoms. The molecule has 0 rings (SSSR count). The monoisotopic (exact) mass is 174 g/mol. The van der Waals surface area contributed by atoms with E-state index in [2.05, 4.69) is 0 Å². The predicted octanol–water partition coefficient (Wildman–Crippen LogP) is 0.0785. The number of nitrogens with two attached hydrogens (primary N) is 1. The van der Waals surface area contributed by atoms with Gasteiger partial charge in [-0.2, -0.15) is 5.12 Å². The lowest BCUT2D eigenvalue weighted by Crippen LogP contribution is -2.38. The predicted molar refractivity (Wildman–Crippen MR) is 50.7 cm³/mol. The smallest absolute Gasteiger partial charge is 0.0174 e. The SMILES string of the molecule is CN(C)N(C)N.N.N.N.N.N. The van der Waals surface area contributed by atoms with Crippen molar-refractivity contribution in [1.82, 2.24) is 40.9 Å². The third-order valence-electron chi connectivity index (χ3n) is 0.631. The van der Waals surface area contributed by atoms with Crippen molar-refractivity contribution < 1.29 is 0 Å². The summed E-state index contributed by atoms with van der Waals surface area (Å²) in [5.74, 6) is 5.19. The maximum absolute atomic E-state index is 5.19. The second kappa shape index (κ2) is 22.6. The first kappa shape index (κ1) is 45.7. The second-order valence-electron chi connectivity index (χ2n) is 1.42. The van der Waals surface area contributed by atoms with Gasteiger partial charge in [0.2, 0.25) is 0 Å². The Morgan fingerprint density at radius 1 is 0.727 bits per heavy atom. The van der Waals surface area contributed by atoms with Crippen LogP contribution in [0.5, 0.6) is 0 Å². The molecule has 0 amide bonds. The van der Waals surface area contributed by atoms with E-state index in [-0.39, 0.29) is 30.8 Å². The van der Waals surface area contributed by atoms with E-state index in [0.717, 1.165) is 0 Å². The van der Waals surface area contributed by atoms with Crippen LogP contribution in [0.4, 0.5) is 0 Å². The van der Waals surface area contributed by atoms with Crippen LogP contribution in [0.15, 0.2) is 0 Å². The summed E-state index contributed by atoms with van der Waals surface area (Å²) in [7, 11) is 5.53. The van der Waals surface area contributed by atoms with E-state index in [1.54, 1.807) is 12.1 Å². The summed E-state index contributed by atoms with van der Waals surface area (Å²) in [6.07, 6.45) is 0. The van der Waals surface area contributed by atoms with Crippen LogP contribution in [-0.2, 0) is 0 Å². The van der Waals surface area contributed by atoms with E-state index in [1.165, 1.54) is 5.12 Å². The van der Waals surface area contributed by atoms with Crippen LogP contribution in [-0.4, -0.2) is 31.3 Å². The molecule has 0 aliphatic rings. The first-order valence-corrected chi connectivity index (χ1v) is 1.80. The highest BCUT2D eigenvalue weighted by molar-refractivity contribution is 4.17. The van der Waals surface area contributed by atoms with Crippen LogP contribution in [0.2, 0.25) is 0 Å². The van der Waals surface area contributed by atoms with E-state index in [0.29, 0.717) is 0 Å². The molecule has 17 N–H and O–H groups in total. The third kappa shape index (κ3) is 42.2. The maximum Gasteiger partial charge on any atom is 0.0174 e. The van der Waals surface area contributed by atoms with Crippen molar-refractivity contribution in [3.63, 3.8) is 0 Å². The van der Waals surface area contributed by atoms with Crippen molar-refractivity contribution in [1.29, 1.82) is 0 Å². The lowest BCUT2D eigenvalue weighted by Gasteiger charge is -2.16. The Hall–Kier alpha value is -0.320. The van der Waals surface area contributed by atoms with Crippen molar-refractivity contribution in [2.24, 2.45) is 5.84 Å². The van der Waals surface area contributed by atoms with Crippen LogP contribution in [0.25, 0.3) is 0 Å². The highest BCUT2D eigenvalue weighted by Crippen LogP contribution is 1.67. The van der Waals surface area contributed by atoms with Gasteiger partial charge in [-0.05, 0) is 0 Å². The molecule has 0 saturated heterocycles. The van der Waals surface area contributed by atoms with Gasteiger partial charge >= 0.3 is 0 Å². The summed E-state index contributed by atoms with van der Waals surface area (Å²) in [5, 5.41) is 3.28. The molecule has 0 radical (unpaired) electrons. The average molecular weight is 174 g/mol. The molecule has 0 aromatic carbocycles.